The van der Waals surface area contributed by atoms with Gasteiger partial charge in [-0.3, -0.25) is 9.78 Å². The molecule has 1 aliphatic heterocycles. The van der Waals surface area contributed by atoms with Crippen molar-refractivity contribution in [3.63, 3.8) is 0 Å². The quantitative estimate of drug-likeness (QED) is 0.834. The number of aromatic nitrogens is 1. The Morgan fingerprint density at radius 1 is 1.42 bits per heavy atom. The summed E-state index contributed by atoms with van der Waals surface area (Å²) < 4.78 is 5.76. The number of carbonyl (C=O) groups excluding carboxylic acids is 1. The summed E-state index contributed by atoms with van der Waals surface area (Å²) in [5.74, 6) is -0.161. The maximum Gasteiger partial charge on any atom is 0.258 e. The van der Waals surface area contributed by atoms with Crippen LogP contribution in [0.2, 0.25) is 0 Å². The van der Waals surface area contributed by atoms with Crippen LogP contribution in [0.4, 0.5) is 0 Å². The van der Waals surface area contributed by atoms with Crippen molar-refractivity contribution >= 4 is 5.91 Å². The largest absolute Gasteiger partial charge is 0.505 e. The summed E-state index contributed by atoms with van der Waals surface area (Å²) in [7, 11) is 0. The molecule has 5 nitrogen and oxygen atoms in total. The van der Waals surface area contributed by atoms with E-state index in [2.05, 4.69) is 4.98 Å². The zero-order valence-electron chi connectivity index (χ0n) is 10.8. The summed E-state index contributed by atoms with van der Waals surface area (Å²) in [5, 5.41) is 9.77. The van der Waals surface area contributed by atoms with E-state index in [0.717, 1.165) is 19.3 Å². The molecule has 1 saturated heterocycles. The van der Waals surface area contributed by atoms with E-state index in [1.54, 1.807) is 6.07 Å². The molecule has 19 heavy (non-hydrogen) atoms. The van der Waals surface area contributed by atoms with Gasteiger partial charge in [0.1, 0.15) is 5.75 Å². The molecule has 0 spiro atoms. The molecule has 1 aromatic heterocycles. The topological polar surface area (TPSA) is 62.7 Å². The number of rotatable bonds is 1. The van der Waals surface area contributed by atoms with Crippen LogP contribution in [-0.4, -0.2) is 46.2 Å². The van der Waals surface area contributed by atoms with Crippen LogP contribution in [0.3, 0.4) is 0 Å². The molecule has 2 fully saturated rings. The van der Waals surface area contributed by atoms with E-state index in [9.17, 15) is 9.90 Å². The van der Waals surface area contributed by atoms with E-state index in [-0.39, 0.29) is 23.8 Å². The zero-order chi connectivity index (χ0) is 13.2. The molecule has 102 valence electrons. The predicted molar refractivity (Wildman–Crippen MR) is 68.9 cm³/mol. The van der Waals surface area contributed by atoms with Crippen LogP contribution < -0.4 is 0 Å². The average Bonchev–Trinajstić information content (AvgIpc) is 2.46. The van der Waals surface area contributed by atoms with Crippen molar-refractivity contribution in [2.75, 3.05) is 13.2 Å². The van der Waals surface area contributed by atoms with Crippen LogP contribution in [0, 0.1) is 0 Å². The van der Waals surface area contributed by atoms with Crippen LogP contribution in [-0.2, 0) is 4.74 Å². The molecule has 2 atom stereocenters. The van der Waals surface area contributed by atoms with E-state index in [1.807, 2.05) is 4.90 Å². The fourth-order valence-corrected chi connectivity index (χ4v) is 3.07. The van der Waals surface area contributed by atoms with Gasteiger partial charge in [0.25, 0.3) is 5.91 Å². The van der Waals surface area contributed by atoms with Gasteiger partial charge in [-0.2, -0.15) is 0 Å². The van der Waals surface area contributed by atoms with Gasteiger partial charge < -0.3 is 14.7 Å². The lowest BCUT2D eigenvalue weighted by atomic mass is 9.89. The Morgan fingerprint density at radius 2 is 2.26 bits per heavy atom. The third kappa shape index (κ3) is 2.30. The summed E-state index contributed by atoms with van der Waals surface area (Å²) in [6, 6.07) is 1.73. The molecule has 2 unspecified atom stereocenters. The maximum atomic E-state index is 12.6. The molecular weight excluding hydrogens is 244 g/mol. The van der Waals surface area contributed by atoms with Gasteiger partial charge in [0.2, 0.25) is 0 Å². The van der Waals surface area contributed by atoms with Crippen LogP contribution in [0.25, 0.3) is 0 Å². The highest BCUT2D eigenvalue weighted by Gasteiger charge is 2.37. The number of hydrogen-bond donors (Lipinski definition) is 1. The second kappa shape index (κ2) is 5.17. The third-order valence-electron chi connectivity index (χ3n) is 4.02. The standard InChI is InChI=1S/C14H18N2O3/c17-12-9-15-6-5-10(12)14(18)16-7-8-19-13-4-2-1-3-11(13)16/h5-6,9,11,13,17H,1-4,7-8H2. The lowest BCUT2D eigenvalue weighted by Gasteiger charge is -2.43. The second-order valence-electron chi connectivity index (χ2n) is 5.15. The highest BCUT2D eigenvalue weighted by molar-refractivity contribution is 5.96. The Balaban J connectivity index is 1.84. The van der Waals surface area contributed by atoms with Gasteiger partial charge in [0.15, 0.2) is 0 Å². The molecule has 1 aliphatic carbocycles. The average molecular weight is 262 g/mol. The number of hydrogen-bond acceptors (Lipinski definition) is 4. The van der Waals surface area contributed by atoms with Crippen molar-refractivity contribution < 1.29 is 14.6 Å². The molecule has 0 bridgehead atoms. The molecule has 1 amide bonds. The predicted octanol–water partition coefficient (Wildman–Crippen LogP) is 1.57. The van der Waals surface area contributed by atoms with E-state index in [0.29, 0.717) is 18.7 Å². The number of nitrogens with zero attached hydrogens (tertiary/aromatic N) is 2. The summed E-state index contributed by atoms with van der Waals surface area (Å²) in [4.78, 5) is 18.2. The molecule has 1 saturated carbocycles. The Labute approximate surface area is 112 Å². The summed E-state index contributed by atoms with van der Waals surface area (Å²) >= 11 is 0. The summed E-state index contributed by atoms with van der Waals surface area (Å²) in [5.41, 5.74) is 0.334. The van der Waals surface area contributed by atoms with Crippen molar-refractivity contribution in [2.45, 2.75) is 37.8 Å². The molecule has 1 aromatic rings. The lowest BCUT2D eigenvalue weighted by molar-refractivity contribution is -0.0753. The Kier molecular flexibility index (Phi) is 3.38. The van der Waals surface area contributed by atoms with Crippen LogP contribution in [0.15, 0.2) is 18.5 Å². The van der Waals surface area contributed by atoms with Crippen molar-refractivity contribution in [2.24, 2.45) is 0 Å². The van der Waals surface area contributed by atoms with Gasteiger partial charge >= 0.3 is 0 Å². The van der Waals surface area contributed by atoms with Crippen LogP contribution >= 0.6 is 0 Å². The minimum atomic E-state index is -0.111. The van der Waals surface area contributed by atoms with Crippen molar-refractivity contribution in [1.82, 2.24) is 9.88 Å². The van der Waals surface area contributed by atoms with E-state index in [4.69, 9.17) is 4.74 Å². The molecule has 2 aliphatic rings. The molecule has 0 radical (unpaired) electrons. The summed E-state index contributed by atoms with van der Waals surface area (Å²) in [6.45, 7) is 1.18. The first kappa shape index (κ1) is 12.4. The van der Waals surface area contributed by atoms with Crippen molar-refractivity contribution in [3.8, 4) is 5.75 Å². The molecule has 3 rings (SSSR count). The van der Waals surface area contributed by atoms with E-state index in [1.165, 1.54) is 18.8 Å². The van der Waals surface area contributed by atoms with Crippen LogP contribution in [0.5, 0.6) is 5.75 Å². The van der Waals surface area contributed by atoms with Gasteiger partial charge in [-0.05, 0) is 18.9 Å². The smallest absolute Gasteiger partial charge is 0.258 e. The van der Waals surface area contributed by atoms with Crippen molar-refractivity contribution in [1.29, 1.82) is 0 Å². The summed E-state index contributed by atoms with van der Waals surface area (Å²) in [6.07, 6.45) is 7.33. The van der Waals surface area contributed by atoms with Crippen LogP contribution in [0.1, 0.15) is 36.0 Å². The lowest BCUT2D eigenvalue weighted by Crippen LogP contribution is -2.54. The number of morpholine rings is 1. The zero-order valence-corrected chi connectivity index (χ0v) is 10.8. The van der Waals surface area contributed by atoms with Gasteiger partial charge in [0.05, 0.1) is 30.5 Å². The normalized spacial score (nSPS) is 26.8. The van der Waals surface area contributed by atoms with E-state index >= 15 is 0 Å². The first-order chi connectivity index (χ1) is 9.27. The first-order valence-corrected chi connectivity index (χ1v) is 6.83. The highest BCUT2D eigenvalue weighted by Crippen LogP contribution is 2.30. The van der Waals surface area contributed by atoms with Gasteiger partial charge in [-0.25, -0.2) is 0 Å². The van der Waals surface area contributed by atoms with Gasteiger partial charge in [-0.1, -0.05) is 12.8 Å². The molecular formula is C14H18N2O3. The molecule has 0 aromatic carbocycles. The molecule has 5 heteroatoms. The van der Waals surface area contributed by atoms with Gasteiger partial charge in [0, 0.05) is 12.7 Å². The highest BCUT2D eigenvalue weighted by atomic mass is 16.5. The number of aromatic hydroxyl groups is 1. The number of carbonyl (C=O) groups is 1. The maximum absolute atomic E-state index is 12.6. The molecule has 2 heterocycles. The van der Waals surface area contributed by atoms with Gasteiger partial charge in [-0.15, -0.1) is 0 Å². The second-order valence-corrected chi connectivity index (χ2v) is 5.15. The Hall–Kier alpha value is -1.62. The number of amides is 1. The fraction of sp³-hybridized carbons (Fsp3) is 0.571. The van der Waals surface area contributed by atoms with E-state index < -0.39 is 0 Å². The minimum absolute atomic E-state index is 0.0497. The number of pyridine rings is 1. The Bertz CT molecular complexity index is 476. The third-order valence-corrected chi connectivity index (χ3v) is 4.02. The SMILES string of the molecule is O=C(c1ccncc1O)N1CCOC2CCCCC21. The monoisotopic (exact) mass is 262 g/mol. The minimum Gasteiger partial charge on any atom is -0.505 e. The number of fused-ring (bicyclic) bond motifs is 1. The first-order valence-electron chi connectivity index (χ1n) is 6.83. The fourth-order valence-electron chi connectivity index (χ4n) is 3.07. The number of ether oxygens (including phenoxy) is 1. The molecule has 1 N–H and O–H groups in total. The van der Waals surface area contributed by atoms with Crippen molar-refractivity contribution in [3.05, 3.63) is 24.0 Å². The Morgan fingerprint density at radius 3 is 3.11 bits per heavy atom.